The molecule has 3 aromatic rings. The largest absolute Gasteiger partial charge is 0.340 e. The molecule has 0 radical (unpaired) electrons. The molecule has 27 heavy (non-hydrogen) atoms. The summed E-state index contributed by atoms with van der Waals surface area (Å²) in [5, 5.41) is 7.19. The number of nitrogens with one attached hydrogen (secondary N) is 2. The zero-order valence-corrected chi connectivity index (χ0v) is 15.4. The molecule has 2 N–H and O–H groups in total. The highest BCUT2D eigenvalue weighted by Gasteiger charge is 2.15. The van der Waals surface area contributed by atoms with Crippen molar-refractivity contribution in [3.63, 3.8) is 0 Å². The second-order valence-electron chi connectivity index (χ2n) is 6.88. The molecule has 6 heteroatoms. The van der Waals surface area contributed by atoms with Crippen LogP contribution in [0.5, 0.6) is 0 Å². The van der Waals surface area contributed by atoms with Crippen molar-refractivity contribution in [2.75, 3.05) is 23.7 Å². The molecule has 0 aliphatic carbocycles. The van der Waals surface area contributed by atoms with Crippen LogP contribution in [0.4, 0.5) is 17.2 Å². The Morgan fingerprint density at radius 1 is 1.04 bits per heavy atom. The molecule has 1 aromatic heterocycles. The van der Waals surface area contributed by atoms with Gasteiger partial charge in [0.25, 0.3) is 0 Å². The summed E-state index contributed by atoms with van der Waals surface area (Å²) in [6.07, 6.45) is 2.49. The van der Waals surface area contributed by atoms with Gasteiger partial charge in [-0.2, -0.15) is 0 Å². The third-order valence-electron chi connectivity index (χ3n) is 4.66. The number of likely N-dealkylation sites (tertiary alicyclic amines) is 1. The number of fused-ring (bicyclic) bond motifs is 1. The molecule has 1 saturated heterocycles. The summed E-state index contributed by atoms with van der Waals surface area (Å²) < 4.78 is 0. The van der Waals surface area contributed by atoms with Gasteiger partial charge in [-0.1, -0.05) is 18.2 Å². The standard InChI is InChI=1S/C21H23N5O/c1-15(27)22-16-7-6-8-17(13-16)23-21-18-9-2-3-10-19(18)24-20(25-21)14-26-11-4-5-12-26/h2-3,6-10,13H,4-5,11-12,14H2,1H3,(H,22,27)(H,23,24,25). The number of benzene rings is 2. The molecule has 2 aromatic carbocycles. The van der Waals surface area contributed by atoms with Crippen LogP contribution in [0.2, 0.25) is 0 Å². The van der Waals surface area contributed by atoms with E-state index >= 15 is 0 Å². The maximum atomic E-state index is 11.3. The molecular weight excluding hydrogens is 338 g/mol. The Kier molecular flexibility index (Phi) is 4.98. The Hall–Kier alpha value is -2.99. The van der Waals surface area contributed by atoms with Crippen molar-refractivity contribution in [1.82, 2.24) is 14.9 Å². The zero-order valence-electron chi connectivity index (χ0n) is 15.4. The van der Waals surface area contributed by atoms with Gasteiger partial charge in [0.1, 0.15) is 11.6 Å². The minimum Gasteiger partial charge on any atom is -0.340 e. The van der Waals surface area contributed by atoms with Crippen LogP contribution < -0.4 is 10.6 Å². The van der Waals surface area contributed by atoms with E-state index in [0.717, 1.165) is 53.6 Å². The molecule has 0 saturated carbocycles. The van der Waals surface area contributed by atoms with Gasteiger partial charge in [-0.25, -0.2) is 9.97 Å². The number of hydrogen-bond acceptors (Lipinski definition) is 5. The highest BCUT2D eigenvalue weighted by Crippen LogP contribution is 2.26. The van der Waals surface area contributed by atoms with Crippen molar-refractivity contribution in [3.8, 4) is 0 Å². The fourth-order valence-electron chi connectivity index (χ4n) is 3.45. The fraction of sp³-hybridized carbons (Fsp3) is 0.286. The SMILES string of the molecule is CC(=O)Nc1cccc(Nc2nc(CN3CCCC3)nc3ccccc23)c1. The molecule has 1 amide bonds. The first kappa shape index (κ1) is 17.4. The van der Waals surface area contributed by atoms with E-state index < -0.39 is 0 Å². The van der Waals surface area contributed by atoms with E-state index in [1.165, 1.54) is 19.8 Å². The number of carbonyl (C=O) groups is 1. The van der Waals surface area contributed by atoms with Crippen molar-refractivity contribution >= 4 is 34.0 Å². The van der Waals surface area contributed by atoms with Gasteiger partial charge < -0.3 is 10.6 Å². The van der Waals surface area contributed by atoms with E-state index in [1.807, 2.05) is 48.5 Å². The highest BCUT2D eigenvalue weighted by atomic mass is 16.1. The van der Waals surface area contributed by atoms with E-state index in [0.29, 0.717) is 0 Å². The molecule has 138 valence electrons. The average molecular weight is 361 g/mol. The Labute approximate surface area is 158 Å². The third kappa shape index (κ3) is 4.23. The van der Waals surface area contributed by atoms with E-state index in [2.05, 4.69) is 15.5 Å². The predicted octanol–water partition coefficient (Wildman–Crippen LogP) is 3.93. The van der Waals surface area contributed by atoms with Gasteiger partial charge in [0, 0.05) is 23.7 Å². The smallest absolute Gasteiger partial charge is 0.221 e. The van der Waals surface area contributed by atoms with Gasteiger partial charge in [-0.05, 0) is 56.3 Å². The topological polar surface area (TPSA) is 70.2 Å². The third-order valence-corrected chi connectivity index (χ3v) is 4.66. The Morgan fingerprint density at radius 3 is 2.63 bits per heavy atom. The van der Waals surface area contributed by atoms with Crippen LogP contribution >= 0.6 is 0 Å². The average Bonchev–Trinajstić information content (AvgIpc) is 3.14. The van der Waals surface area contributed by atoms with E-state index in [-0.39, 0.29) is 5.91 Å². The van der Waals surface area contributed by atoms with E-state index in [1.54, 1.807) is 0 Å². The molecule has 0 unspecified atom stereocenters. The molecule has 0 spiro atoms. The molecule has 4 rings (SSSR count). The number of anilines is 3. The van der Waals surface area contributed by atoms with Crippen molar-refractivity contribution in [2.45, 2.75) is 26.3 Å². The van der Waals surface area contributed by atoms with Crippen LogP contribution in [0.1, 0.15) is 25.6 Å². The Bertz CT molecular complexity index is 966. The molecule has 0 bridgehead atoms. The first-order valence-corrected chi connectivity index (χ1v) is 9.30. The number of rotatable bonds is 5. The van der Waals surface area contributed by atoms with Crippen LogP contribution in [0.3, 0.4) is 0 Å². The lowest BCUT2D eigenvalue weighted by Crippen LogP contribution is -2.20. The first-order valence-electron chi connectivity index (χ1n) is 9.30. The lowest BCUT2D eigenvalue weighted by Gasteiger charge is -2.16. The van der Waals surface area contributed by atoms with Gasteiger partial charge in [-0.15, -0.1) is 0 Å². The van der Waals surface area contributed by atoms with Crippen LogP contribution in [0.15, 0.2) is 48.5 Å². The predicted molar refractivity (Wildman–Crippen MR) is 108 cm³/mol. The molecule has 6 nitrogen and oxygen atoms in total. The van der Waals surface area contributed by atoms with Gasteiger partial charge in [0.05, 0.1) is 12.1 Å². The lowest BCUT2D eigenvalue weighted by molar-refractivity contribution is -0.114. The van der Waals surface area contributed by atoms with Crippen molar-refractivity contribution in [2.24, 2.45) is 0 Å². The zero-order chi connectivity index (χ0) is 18.6. The second-order valence-corrected chi connectivity index (χ2v) is 6.88. The molecule has 1 aliphatic rings. The van der Waals surface area contributed by atoms with Gasteiger partial charge in [-0.3, -0.25) is 9.69 Å². The van der Waals surface area contributed by atoms with Crippen molar-refractivity contribution < 1.29 is 4.79 Å². The van der Waals surface area contributed by atoms with E-state index in [4.69, 9.17) is 9.97 Å². The number of nitrogens with zero attached hydrogens (tertiary/aromatic N) is 3. The first-order chi connectivity index (χ1) is 13.2. The van der Waals surface area contributed by atoms with Crippen LogP contribution in [-0.2, 0) is 11.3 Å². The number of amides is 1. The maximum absolute atomic E-state index is 11.3. The summed E-state index contributed by atoms with van der Waals surface area (Å²) in [6.45, 7) is 4.49. The second kappa shape index (κ2) is 7.72. The van der Waals surface area contributed by atoms with Gasteiger partial charge in [0.2, 0.25) is 5.91 Å². The minimum atomic E-state index is -0.0902. The summed E-state index contributed by atoms with van der Waals surface area (Å²) >= 11 is 0. The molecular formula is C21H23N5O. The monoisotopic (exact) mass is 361 g/mol. The molecule has 1 fully saturated rings. The quantitative estimate of drug-likeness (QED) is 0.721. The lowest BCUT2D eigenvalue weighted by atomic mass is 10.2. The Balaban J connectivity index is 1.66. The van der Waals surface area contributed by atoms with Crippen molar-refractivity contribution in [3.05, 3.63) is 54.4 Å². The number of aromatic nitrogens is 2. The van der Waals surface area contributed by atoms with Crippen molar-refractivity contribution in [1.29, 1.82) is 0 Å². The normalized spacial score (nSPS) is 14.4. The van der Waals surface area contributed by atoms with Gasteiger partial charge in [0.15, 0.2) is 0 Å². The minimum absolute atomic E-state index is 0.0902. The van der Waals surface area contributed by atoms with Crippen LogP contribution in [0.25, 0.3) is 10.9 Å². The summed E-state index contributed by atoms with van der Waals surface area (Å²) in [7, 11) is 0. The number of hydrogen-bond donors (Lipinski definition) is 2. The van der Waals surface area contributed by atoms with Crippen LogP contribution in [-0.4, -0.2) is 33.9 Å². The Morgan fingerprint density at radius 2 is 1.81 bits per heavy atom. The molecule has 2 heterocycles. The summed E-state index contributed by atoms with van der Waals surface area (Å²) in [4.78, 5) is 23.3. The molecule has 0 atom stereocenters. The molecule has 1 aliphatic heterocycles. The number of carbonyl (C=O) groups excluding carboxylic acids is 1. The van der Waals surface area contributed by atoms with Gasteiger partial charge >= 0.3 is 0 Å². The highest BCUT2D eigenvalue weighted by molar-refractivity contribution is 5.92. The summed E-state index contributed by atoms with van der Waals surface area (Å²) in [5.74, 6) is 1.53. The number of para-hydroxylation sites is 1. The van der Waals surface area contributed by atoms with Crippen LogP contribution in [0, 0.1) is 0 Å². The fourth-order valence-corrected chi connectivity index (χ4v) is 3.45. The van der Waals surface area contributed by atoms with E-state index in [9.17, 15) is 4.79 Å². The summed E-state index contributed by atoms with van der Waals surface area (Å²) in [6, 6.07) is 15.7. The maximum Gasteiger partial charge on any atom is 0.221 e. The summed E-state index contributed by atoms with van der Waals surface area (Å²) in [5.41, 5.74) is 2.56.